The molecule has 29 heavy (non-hydrogen) atoms. The molecule has 0 aliphatic heterocycles. The molecule has 0 atom stereocenters. The molecule has 11 heteroatoms. The van der Waals surface area contributed by atoms with Crippen LogP contribution in [0.15, 0.2) is 35.5 Å². The summed E-state index contributed by atoms with van der Waals surface area (Å²) in [6.45, 7) is 0. The fourth-order valence-corrected chi connectivity index (χ4v) is 3.64. The Kier molecular flexibility index (Phi) is 8.81. The number of halogens is 2. The molecule has 2 aromatic rings. The van der Waals surface area contributed by atoms with E-state index >= 15 is 0 Å². The summed E-state index contributed by atoms with van der Waals surface area (Å²) in [4.78, 5) is 36.2. The Hall–Kier alpha value is -2.23. The average Bonchev–Trinajstić information content (AvgIpc) is 3.14. The zero-order valence-corrected chi connectivity index (χ0v) is 18.0. The highest BCUT2D eigenvalue weighted by Gasteiger charge is 2.21. The second kappa shape index (κ2) is 11.1. The third-order valence-corrected chi connectivity index (χ3v) is 5.51. The molecule has 8 nitrogen and oxygen atoms in total. The maximum absolute atomic E-state index is 12.2. The van der Waals surface area contributed by atoms with E-state index in [0.717, 1.165) is 4.90 Å². The summed E-state index contributed by atoms with van der Waals surface area (Å²) < 4.78 is 10.7. The number of carbonyl (C=O) groups is 3. The lowest BCUT2D eigenvalue weighted by molar-refractivity contribution is -0.144. The first kappa shape index (κ1) is 23.1. The summed E-state index contributed by atoms with van der Waals surface area (Å²) in [5.74, 6) is -1.12. The Bertz CT molecular complexity index is 872. The van der Waals surface area contributed by atoms with Gasteiger partial charge in [-0.05, 0) is 18.2 Å². The highest BCUT2D eigenvalue weighted by molar-refractivity contribution is 8.00. The number of amides is 1. The van der Waals surface area contributed by atoms with Crippen LogP contribution in [0.5, 0.6) is 0 Å². The minimum absolute atomic E-state index is 0.0639. The van der Waals surface area contributed by atoms with Crippen molar-refractivity contribution in [1.29, 1.82) is 0 Å². The van der Waals surface area contributed by atoms with E-state index in [0.29, 0.717) is 15.7 Å². The number of hydrogen-bond donors (Lipinski definition) is 1. The van der Waals surface area contributed by atoms with Gasteiger partial charge in [-0.25, -0.2) is 0 Å². The molecular formula is C18H19Cl2N3O5S. The SMILES string of the molecule is COC(=O)CC(CC(=O)OC)n1cc(NC(=O)CSc2ccc(Cl)cc2Cl)cn1. The molecular weight excluding hydrogens is 441 g/mol. The predicted octanol–water partition coefficient (Wildman–Crippen LogP) is 3.59. The fraction of sp³-hybridized carbons (Fsp3) is 0.333. The first-order valence-corrected chi connectivity index (χ1v) is 10.1. The van der Waals surface area contributed by atoms with Crippen LogP contribution < -0.4 is 5.32 Å². The minimum atomic E-state index is -0.595. The van der Waals surface area contributed by atoms with Gasteiger partial charge < -0.3 is 14.8 Å². The zero-order valence-electron chi connectivity index (χ0n) is 15.7. The molecule has 156 valence electrons. The van der Waals surface area contributed by atoms with Crippen molar-refractivity contribution in [3.8, 4) is 0 Å². The monoisotopic (exact) mass is 459 g/mol. The fourth-order valence-electron chi connectivity index (χ4n) is 2.35. The van der Waals surface area contributed by atoms with Gasteiger partial charge in [0.05, 0.1) is 55.8 Å². The lowest BCUT2D eigenvalue weighted by atomic mass is 10.1. The summed E-state index contributed by atoms with van der Waals surface area (Å²) in [5, 5.41) is 7.83. The maximum Gasteiger partial charge on any atom is 0.307 e. The van der Waals surface area contributed by atoms with E-state index in [1.54, 1.807) is 18.2 Å². The number of nitrogens with zero attached hydrogens (tertiary/aromatic N) is 2. The number of carbonyl (C=O) groups excluding carboxylic acids is 3. The molecule has 0 bridgehead atoms. The Morgan fingerprint density at radius 1 is 1.17 bits per heavy atom. The largest absolute Gasteiger partial charge is 0.469 e. The smallest absolute Gasteiger partial charge is 0.307 e. The number of benzene rings is 1. The van der Waals surface area contributed by atoms with Crippen LogP contribution in [0.1, 0.15) is 18.9 Å². The molecule has 1 N–H and O–H groups in total. The maximum atomic E-state index is 12.2. The number of thioether (sulfide) groups is 1. The zero-order chi connectivity index (χ0) is 21.4. The Balaban J connectivity index is 1.98. The van der Waals surface area contributed by atoms with Gasteiger partial charge in [0.2, 0.25) is 5.91 Å². The summed E-state index contributed by atoms with van der Waals surface area (Å²) in [6.07, 6.45) is 2.84. The quantitative estimate of drug-likeness (QED) is 0.451. The van der Waals surface area contributed by atoms with E-state index in [4.69, 9.17) is 23.2 Å². The summed E-state index contributed by atoms with van der Waals surface area (Å²) in [6, 6.07) is 4.45. The molecule has 1 amide bonds. The van der Waals surface area contributed by atoms with Crippen molar-refractivity contribution in [3.63, 3.8) is 0 Å². The van der Waals surface area contributed by atoms with E-state index in [-0.39, 0.29) is 24.5 Å². The van der Waals surface area contributed by atoms with E-state index in [9.17, 15) is 14.4 Å². The van der Waals surface area contributed by atoms with Crippen molar-refractivity contribution in [2.24, 2.45) is 0 Å². The van der Waals surface area contributed by atoms with Gasteiger partial charge in [0, 0.05) is 16.1 Å². The van der Waals surface area contributed by atoms with Crippen LogP contribution >= 0.6 is 35.0 Å². The van der Waals surface area contributed by atoms with Gasteiger partial charge in [-0.15, -0.1) is 11.8 Å². The molecule has 0 unspecified atom stereocenters. The Morgan fingerprint density at radius 2 is 1.83 bits per heavy atom. The number of ether oxygens (including phenoxy) is 2. The molecule has 0 saturated carbocycles. The number of anilines is 1. The van der Waals surface area contributed by atoms with Crippen molar-refractivity contribution in [1.82, 2.24) is 9.78 Å². The predicted molar refractivity (Wildman–Crippen MR) is 110 cm³/mol. The average molecular weight is 460 g/mol. The Morgan fingerprint density at radius 3 is 2.41 bits per heavy atom. The van der Waals surface area contributed by atoms with Gasteiger partial charge in [-0.2, -0.15) is 5.10 Å². The highest BCUT2D eigenvalue weighted by atomic mass is 35.5. The van der Waals surface area contributed by atoms with Crippen molar-refractivity contribution in [3.05, 3.63) is 40.6 Å². The normalized spacial score (nSPS) is 10.7. The van der Waals surface area contributed by atoms with E-state index in [1.165, 1.54) is 43.1 Å². The third kappa shape index (κ3) is 7.26. The summed E-state index contributed by atoms with van der Waals surface area (Å²) >= 11 is 13.2. The van der Waals surface area contributed by atoms with Gasteiger partial charge in [0.1, 0.15) is 0 Å². The minimum Gasteiger partial charge on any atom is -0.469 e. The molecule has 0 radical (unpaired) electrons. The van der Waals surface area contributed by atoms with Crippen LogP contribution in [-0.2, 0) is 23.9 Å². The molecule has 0 aliphatic rings. The third-order valence-electron chi connectivity index (χ3n) is 3.77. The van der Waals surface area contributed by atoms with Crippen LogP contribution in [-0.4, -0.2) is 47.6 Å². The van der Waals surface area contributed by atoms with E-state index < -0.39 is 18.0 Å². The number of esters is 2. The van der Waals surface area contributed by atoms with Gasteiger partial charge in [0.15, 0.2) is 0 Å². The molecule has 0 fully saturated rings. The molecule has 2 rings (SSSR count). The first-order valence-electron chi connectivity index (χ1n) is 8.38. The van der Waals surface area contributed by atoms with E-state index in [2.05, 4.69) is 19.9 Å². The van der Waals surface area contributed by atoms with Crippen molar-refractivity contribution < 1.29 is 23.9 Å². The van der Waals surface area contributed by atoms with Crippen LogP contribution in [0.2, 0.25) is 10.0 Å². The molecule has 0 aliphatic carbocycles. The standard InChI is InChI=1S/C18H19Cl2N3O5S/c1-27-17(25)6-13(7-18(26)28-2)23-9-12(8-21-23)22-16(24)10-29-15-4-3-11(19)5-14(15)20/h3-5,8-9,13H,6-7,10H2,1-2H3,(H,22,24). The number of nitrogens with one attached hydrogen (secondary N) is 1. The van der Waals surface area contributed by atoms with Crippen LogP contribution in [0.3, 0.4) is 0 Å². The van der Waals surface area contributed by atoms with Gasteiger partial charge in [-0.3, -0.25) is 19.1 Å². The number of methoxy groups -OCH3 is 2. The van der Waals surface area contributed by atoms with Gasteiger partial charge in [0.25, 0.3) is 0 Å². The molecule has 0 saturated heterocycles. The van der Waals surface area contributed by atoms with Gasteiger partial charge in [-0.1, -0.05) is 23.2 Å². The molecule has 1 heterocycles. The highest BCUT2D eigenvalue weighted by Crippen LogP contribution is 2.29. The number of hydrogen-bond acceptors (Lipinski definition) is 7. The summed E-state index contributed by atoms with van der Waals surface area (Å²) in [7, 11) is 2.52. The van der Waals surface area contributed by atoms with Crippen LogP contribution in [0.4, 0.5) is 5.69 Å². The van der Waals surface area contributed by atoms with Crippen LogP contribution in [0.25, 0.3) is 0 Å². The van der Waals surface area contributed by atoms with Crippen molar-refractivity contribution in [2.45, 2.75) is 23.8 Å². The molecule has 1 aromatic heterocycles. The summed E-state index contributed by atoms with van der Waals surface area (Å²) in [5.41, 5.74) is 0.428. The Labute approximate surface area is 181 Å². The molecule has 1 aromatic carbocycles. The first-order chi connectivity index (χ1) is 13.8. The van der Waals surface area contributed by atoms with Crippen molar-refractivity contribution in [2.75, 3.05) is 25.3 Å². The lowest BCUT2D eigenvalue weighted by Crippen LogP contribution is -2.19. The lowest BCUT2D eigenvalue weighted by Gasteiger charge is -2.15. The topological polar surface area (TPSA) is 99.5 Å². The van der Waals surface area contributed by atoms with Gasteiger partial charge >= 0.3 is 11.9 Å². The van der Waals surface area contributed by atoms with Crippen LogP contribution in [0, 0.1) is 0 Å². The van der Waals surface area contributed by atoms with Crippen molar-refractivity contribution >= 4 is 58.5 Å². The second-order valence-electron chi connectivity index (χ2n) is 5.83. The second-order valence-corrected chi connectivity index (χ2v) is 7.70. The molecule has 0 spiro atoms. The number of rotatable bonds is 9. The number of aromatic nitrogens is 2. The van der Waals surface area contributed by atoms with E-state index in [1.807, 2.05) is 0 Å².